The zero-order chi connectivity index (χ0) is 18.2. The minimum Gasteiger partial charge on any atom is -0.504 e. The Bertz CT molecular complexity index is 574. The third-order valence-electron chi connectivity index (χ3n) is 3.22. The van der Waals surface area contributed by atoms with E-state index >= 15 is 0 Å². The van der Waals surface area contributed by atoms with Crippen molar-refractivity contribution in [3.63, 3.8) is 0 Å². The summed E-state index contributed by atoms with van der Waals surface area (Å²) in [6, 6.07) is 6.17. The van der Waals surface area contributed by atoms with E-state index in [1.165, 1.54) is 7.11 Å². The maximum Gasteiger partial charge on any atom is 0.335 e. The van der Waals surface area contributed by atoms with Crippen molar-refractivity contribution in [2.75, 3.05) is 20.1 Å². The molecule has 1 aromatic rings. The Kier molecular flexibility index (Phi) is 8.19. The van der Waals surface area contributed by atoms with Crippen LogP contribution in [0.4, 0.5) is 0 Å². The van der Waals surface area contributed by atoms with Crippen molar-refractivity contribution < 1.29 is 28.2 Å². The second kappa shape index (κ2) is 9.62. The number of ether oxygens (including phenoxy) is 3. The van der Waals surface area contributed by atoms with Crippen LogP contribution in [0.3, 0.4) is 0 Å². The molecule has 0 radical (unpaired) electrons. The average molecular weight is 371 g/mol. The first-order chi connectivity index (χ1) is 11.2. The van der Waals surface area contributed by atoms with Gasteiger partial charge in [0.25, 0.3) is 0 Å². The minimum absolute atomic E-state index is 0.0702. The van der Waals surface area contributed by atoms with Crippen LogP contribution in [0.1, 0.15) is 12.5 Å². The van der Waals surface area contributed by atoms with E-state index in [2.05, 4.69) is 19.7 Å². The Morgan fingerprint density at radius 2 is 2.08 bits per heavy atom. The highest BCUT2D eigenvalue weighted by atomic mass is 28.4. The van der Waals surface area contributed by atoms with Crippen molar-refractivity contribution >= 4 is 24.0 Å². The zero-order valence-electron chi connectivity index (χ0n) is 14.8. The van der Waals surface area contributed by atoms with E-state index < -0.39 is 24.0 Å². The van der Waals surface area contributed by atoms with E-state index in [1.54, 1.807) is 13.0 Å². The number of hydrogen-bond acceptors (Lipinski definition) is 6. The molecule has 0 aliphatic rings. The fourth-order valence-corrected chi connectivity index (χ4v) is 6.42. The maximum atomic E-state index is 11.2. The van der Waals surface area contributed by atoms with Crippen LogP contribution in [0, 0.1) is 0 Å². The normalized spacial score (nSPS) is 11.7. The number of esters is 1. The standard InChI is InChI=1S/C16H26O6Si2/c1-12(2)16(18)21-10-20-11-23-22-24(4,5)9-13-6-7-14(17)15(8-13)19-3/h6-8,17H,1,9-11,23H2,2-5H3. The number of rotatable bonds is 10. The largest absolute Gasteiger partial charge is 0.504 e. The molecule has 0 atom stereocenters. The molecule has 0 fully saturated rings. The highest BCUT2D eigenvalue weighted by molar-refractivity contribution is 6.74. The Morgan fingerprint density at radius 1 is 1.38 bits per heavy atom. The lowest BCUT2D eigenvalue weighted by atomic mass is 10.2. The van der Waals surface area contributed by atoms with Crippen molar-refractivity contribution in [1.29, 1.82) is 0 Å². The molecular formula is C16H26O6Si2. The van der Waals surface area contributed by atoms with Gasteiger partial charge >= 0.3 is 5.97 Å². The minimum atomic E-state index is -1.87. The lowest BCUT2D eigenvalue weighted by Crippen LogP contribution is -2.36. The number of benzene rings is 1. The van der Waals surface area contributed by atoms with Gasteiger partial charge in [-0.3, -0.25) is 0 Å². The van der Waals surface area contributed by atoms with E-state index in [4.69, 9.17) is 18.3 Å². The van der Waals surface area contributed by atoms with Crippen molar-refractivity contribution in [2.45, 2.75) is 26.1 Å². The third-order valence-corrected chi connectivity index (χ3v) is 8.87. The fourth-order valence-electron chi connectivity index (χ4n) is 2.03. The summed E-state index contributed by atoms with van der Waals surface area (Å²) in [6.07, 6.45) is 0.485. The maximum absolute atomic E-state index is 11.2. The van der Waals surface area contributed by atoms with Crippen LogP contribution in [-0.2, 0) is 24.4 Å². The van der Waals surface area contributed by atoms with Crippen LogP contribution in [0.5, 0.6) is 11.5 Å². The van der Waals surface area contributed by atoms with Crippen LogP contribution in [0.25, 0.3) is 0 Å². The number of carbonyl (C=O) groups excluding carboxylic acids is 1. The molecule has 0 unspecified atom stereocenters. The molecule has 0 bridgehead atoms. The predicted molar refractivity (Wildman–Crippen MR) is 97.2 cm³/mol. The summed E-state index contributed by atoms with van der Waals surface area (Å²) in [5.41, 5.74) is 1.43. The van der Waals surface area contributed by atoms with Gasteiger partial charge in [0.05, 0.1) is 13.3 Å². The Labute approximate surface area is 146 Å². The van der Waals surface area contributed by atoms with Gasteiger partial charge in [-0.1, -0.05) is 12.6 Å². The molecule has 8 heteroatoms. The first-order valence-electron chi connectivity index (χ1n) is 7.65. The van der Waals surface area contributed by atoms with Gasteiger partial charge in [0, 0.05) is 5.57 Å². The Hall–Kier alpha value is -1.62. The van der Waals surface area contributed by atoms with Gasteiger partial charge < -0.3 is 23.4 Å². The van der Waals surface area contributed by atoms with Crippen LogP contribution in [0.15, 0.2) is 30.4 Å². The van der Waals surface area contributed by atoms with Gasteiger partial charge in [0.2, 0.25) is 0 Å². The SMILES string of the molecule is C=C(C)C(=O)OCOC[SiH2]O[Si](C)(C)Cc1ccc(O)c(OC)c1. The molecule has 1 rings (SSSR count). The van der Waals surface area contributed by atoms with Gasteiger partial charge in [0.15, 0.2) is 36.4 Å². The van der Waals surface area contributed by atoms with E-state index in [-0.39, 0.29) is 12.5 Å². The van der Waals surface area contributed by atoms with Crippen LogP contribution in [0.2, 0.25) is 13.1 Å². The monoisotopic (exact) mass is 370 g/mol. The Morgan fingerprint density at radius 3 is 2.71 bits per heavy atom. The topological polar surface area (TPSA) is 74.2 Å². The molecule has 0 aliphatic heterocycles. The van der Waals surface area contributed by atoms with Gasteiger partial charge in [-0.2, -0.15) is 0 Å². The van der Waals surface area contributed by atoms with E-state index in [0.29, 0.717) is 17.6 Å². The molecule has 24 heavy (non-hydrogen) atoms. The van der Waals surface area contributed by atoms with Crippen molar-refractivity contribution in [3.8, 4) is 11.5 Å². The van der Waals surface area contributed by atoms with Crippen LogP contribution < -0.4 is 4.74 Å². The summed E-state index contributed by atoms with van der Waals surface area (Å²) in [4.78, 5) is 11.2. The van der Waals surface area contributed by atoms with E-state index in [1.807, 2.05) is 12.1 Å². The molecule has 0 heterocycles. The second-order valence-electron chi connectivity index (χ2n) is 6.03. The first kappa shape index (κ1) is 20.4. The highest BCUT2D eigenvalue weighted by Crippen LogP contribution is 2.27. The average Bonchev–Trinajstić information content (AvgIpc) is 2.51. The quantitative estimate of drug-likeness (QED) is 0.223. The number of methoxy groups -OCH3 is 1. The van der Waals surface area contributed by atoms with Crippen LogP contribution >= 0.6 is 0 Å². The summed E-state index contributed by atoms with van der Waals surface area (Å²) in [5.74, 6) is 0.152. The Balaban J connectivity index is 2.34. The third kappa shape index (κ3) is 7.30. The summed E-state index contributed by atoms with van der Waals surface area (Å²) < 4.78 is 21.3. The molecule has 0 saturated carbocycles. The van der Waals surface area contributed by atoms with Gasteiger partial charge in [-0.15, -0.1) is 0 Å². The van der Waals surface area contributed by atoms with Gasteiger partial charge in [0.1, 0.15) is 0 Å². The van der Waals surface area contributed by atoms with Crippen molar-refractivity contribution in [1.82, 2.24) is 0 Å². The first-order valence-corrected chi connectivity index (χ1v) is 12.3. The summed E-state index contributed by atoms with van der Waals surface area (Å²) in [5, 5.41) is 9.63. The van der Waals surface area contributed by atoms with E-state index in [9.17, 15) is 9.90 Å². The molecule has 134 valence electrons. The summed E-state index contributed by atoms with van der Waals surface area (Å²) in [6.45, 7) is 9.29. The van der Waals surface area contributed by atoms with E-state index in [0.717, 1.165) is 11.6 Å². The summed E-state index contributed by atoms with van der Waals surface area (Å²) >= 11 is 0. The lowest BCUT2D eigenvalue weighted by Gasteiger charge is -2.23. The molecule has 0 aliphatic carbocycles. The number of hydrogen-bond donors (Lipinski definition) is 1. The van der Waals surface area contributed by atoms with Crippen molar-refractivity contribution in [2.24, 2.45) is 0 Å². The molecular weight excluding hydrogens is 344 g/mol. The molecule has 0 amide bonds. The highest BCUT2D eigenvalue weighted by Gasteiger charge is 2.23. The number of carbonyl (C=O) groups is 1. The zero-order valence-corrected chi connectivity index (χ0v) is 17.2. The second-order valence-corrected chi connectivity index (χ2v) is 11.9. The molecule has 6 nitrogen and oxygen atoms in total. The van der Waals surface area contributed by atoms with Gasteiger partial charge in [-0.25, -0.2) is 4.79 Å². The predicted octanol–water partition coefficient (Wildman–Crippen LogP) is 1.84. The van der Waals surface area contributed by atoms with Crippen LogP contribution in [-0.4, -0.2) is 49.3 Å². The number of phenols is 1. The molecule has 1 N–H and O–H groups in total. The number of aromatic hydroxyl groups is 1. The summed E-state index contributed by atoms with van der Waals surface area (Å²) in [7, 11) is -1.19. The van der Waals surface area contributed by atoms with Gasteiger partial charge in [-0.05, 0) is 43.8 Å². The molecule has 0 saturated heterocycles. The smallest absolute Gasteiger partial charge is 0.335 e. The molecule has 0 spiro atoms. The molecule has 0 aromatic heterocycles. The van der Waals surface area contributed by atoms with Crippen molar-refractivity contribution in [3.05, 3.63) is 35.9 Å². The lowest BCUT2D eigenvalue weighted by molar-refractivity contribution is -0.150. The molecule has 1 aromatic carbocycles. The fraction of sp³-hybridized carbons (Fsp3) is 0.438. The number of phenolic OH excluding ortho intramolecular Hbond substituents is 1.